The summed E-state index contributed by atoms with van der Waals surface area (Å²) in [4.78, 5) is 11.4. The number of thioether (sulfide) groups is 1. The van der Waals surface area contributed by atoms with Gasteiger partial charge >= 0.3 is 12.1 Å². The molecule has 1 aromatic carbocycles. The number of ether oxygens (including phenoxy) is 1. The Labute approximate surface area is 134 Å². The second-order valence-electron chi connectivity index (χ2n) is 4.74. The van der Waals surface area contributed by atoms with Crippen LogP contribution in [-0.2, 0) is 6.54 Å². The molecule has 126 valence electrons. The van der Waals surface area contributed by atoms with E-state index in [1.54, 1.807) is 30.8 Å². The van der Waals surface area contributed by atoms with Gasteiger partial charge in [0.1, 0.15) is 5.75 Å². The van der Waals surface area contributed by atoms with E-state index in [1.165, 1.54) is 16.8 Å². The van der Waals surface area contributed by atoms with Gasteiger partial charge in [0.25, 0.3) is 0 Å². The van der Waals surface area contributed by atoms with E-state index in [1.807, 2.05) is 6.92 Å². The Hall–Kier alpha value is -1.90. The molecular weight excluding hydrogens is 333 g/mol. The van der Waals surface area contributed by atoms with Crippen LogP contribution in [0, 0.1) is 6.92 Å². The molecule has 9 heteroatoms. The van der Waals surface area contributed by atoms with Gasteiger partial charge in [0, 0.05) is 17.9 Å². The second kappa shape index (κ2) is 7.12. The van der Waals surface area contributed by atoms with E-state index in [-0.39, 0.29) is 11.0 Å². The largest absolute Gasteiger partial charge is 0.573 e. The summed E-state index contributed by atoms with van der Waals surface area (Å²) in [5.41, 5.74) is 0.869. The summed E-state index contributed by atoms with van der Waals surface area (Å²) in [6, 6.07) is 5.74. The highest BCUT2D eigenvalue weighted by Gasteiger charge is 2.31. The summed E-state index contributed by atoms with van der Waals surface area (Å²) >= 11 is 1.56. The quantitative estimate of drug-likeness (QED) is 0.799. The molecule has 2 rings (SSSR count). The Morgan fingerprint density at radius 1 is 1.35 bits per heavy atom. The molecule has 0 radical (unpaired) electrons. The van der Waals surface area contributed by atoms with Crippen molar-refractivity contribution in [3.63, 3.8) is 0 Å². The molecule has 0 N–H and O–H groups in total. The molecule has 23 heavy (non-hydrogen) atoms. The lowest BCUT2D eigenvalue weighted by Gasteiger charge is -2.13. The zero-order valence-electron chi connectivity index (χ0n) is 12.5. The van der Waals surface area contributed by atoms with Crippen LogP contribution in [0.1, 0.15) is 23.6 Å². The normalized spacial score (nSPS) is 13.1. The highest BCUT2D eigenvalue weighted by atomic mass is 32.2. The first-order valence-electron chi connectivity index (χ1n) is 6.76. The van der Waals surface area contributed by atoms with Crippen molar-refractivity contribution in [2.75, 3.05) is 5.75 Å². The van der Waals surface area contributed by atoms with E-state index in [0.717, 1.165) is 5.56 Å². The number of alkyl halides is 3. The average Bonchev–Trinajstić information content (AvgIpc) is 2.76. The molecule has 0 spiro atoms. The van der Waals surface area contributed by atoms with Crippen LogP contribution < -0.4 is 10.5 Å². The molecule has 1 unspecified atom stereocenters. The lowest BCUT2D eigenvalue weighted by molar-refractivity contribution is -0.274. The van der Waals surface area contributed by atoms with Crippen molar-refractivity contribution < 1.29 is 22.3 Å². The smallest absolute Gasteiger partial charge is 0.406 e. The van der Waals surface area contributed by atoms with Crippen molar-refractivity contribution in [1.82, 2.24) is 9.78 Å². The molecular formula is C14H15F3N2O3S. The van der Waals surface area contributed by atoms with Gasteiger partial charge in [-0.2, -0.15) is 16.4 Å². The molecule has 5 nitrogen and oxygen atoms in total. The third kappa shape index (κ3) is 5.34. The van der Waals surface area contributed by atoms with Crippen molar-refractivity contribution >= 4 is 11.8 Å². The van der Waals surface area contributed by atoms with Gasteiger partial charge in [-0.05, 0) is 24.6 Å². The summed E-state index contributed by atoms with van der Waals surface area (Å²) in [5.74, 6) is 0.189. The van der Waals surface area contributed by atoms with E-state index < -0.39 is 12.1 Å². The van der Waals surface area contributed by atoms with Crippen LogP contribution in [0.5, 0.6) is 5.75 Å². The minimum atomic E-state index is -4.69. The number of benzene rings is 1. The molecule has 0 aliphatic heterocycles. The van der Waals surface area contributed by atoms with Gasteiger partial charge in [-0.25, -0.2) is 4.79 Å². The molecule has 1 atom stereocenters. The van der Waals surface area contributed by atoms with Crippen LogP contribution in [0.2, 0.25) is 0 Å². The summed E-state index contributed by atoms with van der Waals surface area (Å²) < 4.78 is 46.1. The molecule has 1 heterocycles. The van der Waals surface area contributed by atoms with Crippen molar-refractivity contribution in [3.05, 3.63) is 46.3 Å². The number of aryl methyl sites for hydroxylation is 2. The molecule has 0 saturated carbocycles. The zero-order valence-corrected chi connectivity index (χ0v) is 13.3. The van der Waals surface area contributed by atoms with E-state index in [9.17, 15) is 18.0 Å². The van der Waals surface area contributed by atoms with E-state index in [2.05, 4.69) is 9.84 Å². The van der Waals surface area contributed by atoms with Crippen molar-refractivity contribution in [2.45, 2.75) is 32.0 Å². The zero-order chi connectivity index (χ0) is 17.0. The maximum atomic E-state index is 12.1. The van der Waals surface area contributed by atoms with Gasteiger partial charge in [-0.15, -0.1) is 18.3 Å². The number of aromatic nitrogens is 2. The first kappa shape index (κ1) is 17.5. The lowest BCUT2D eigenvalue weighted by Crippen LogP contribution is -2.17. The summed E-state index contributed by atoms with van der Waals surface area (Å²) in [7, 11) is 0. The minimum absolute atomic E-state index is 0.0543. The fourth-order valence-electron chi connectivity index (χ4n) is 1.90. The molecule has 0 amide bonds. The summed E-state index contributed by atoms with van der Waals surface area (Å²) in [5, 5.41) is 3.98. The van der Waals surface area contributed by atoms with Crippen molar-refractivity contribution in [2.24, 2.45) is 0 Å². The first-order valence-corrected chi connectivity index (χ1v) is 7.81. The molecule has 0 fully saturated rings. The van der Waals surface area contributed by atoms with E-state index in [0.29, 0.717) is 18.2 Å². The standard InChI is InChI=1S/C14H15F3N2O3S/c1-9(23-8-7-19-13(20)21-10(2)18-19)11-3-5-12(6-4-11)22-14(15,16)17/h3-6,9H,7-8H2,1-2H3. The number of nitrogens with zero attached hydrogens (tertiary/aromatic N) is 2. The maximum absolute atomic E-state index is 12.1. The van der Waals surface area contributed by atoms with Crippen LogP contribution in [0.4, 0.5) is 13.2 Å². The Bertz CT molecular complexity index is 695. The van der Waals surface area contributed by atoms with Gasteiger partial charge in [0.05, 0.1) is 6.54 Å². The van der Waals surface area contributed by atoms with Gasteiger partial charge in [0.15, 0.2) is 0 Å². The highest BCUT2D eigenvalue weighted by Crippen LogP contribution is 2.30. The molecule has 2 aromatic rings. The average molecular weight is 348 g/mol. The van der Waals surface area contributed by atoms with Gasteiger partial charge in [0.2, 0.25) is 5.89 Å². The third-order valence-electron chi connectivity index (χ3n) is 2.96. The monoisotopic (exact) mass is 348 g/mol. The predicted octanol–water partition coefficient (Wildman–Crippen LogP) is 3.54. The van der Waals surface area contributed by atoms with Crippen LogP contribution in [0.25, 0.3) is 0 Å². The Kier molecular flexibility index (Phi) is 5.40. The molecule has 1 aromatic heterocycles. The summed E-state index contributed by atoms with van der Waals surface area (Å²) in [6.45, 7) is 3.93. The first-order chi connectivity index (χ1) is 10.7. The lowest BCUT2D eigenvalue weighted by atomic mass is 10.2. The van der Waals surface area contributed by atoms with Gasteiger partial charge in [-0.3, -0.25) is 0 Å². The van der Waals surface area contributed by atoms with Crippen molar-refractivity contribution in [3.8, 4) is 5.75 Å². The fourth-order valence-corrected chi connectivity index (χ4v) is 2.89. The number of hydrogen-bond acceptors (Lipinski definition) is 5. The van der Waals surface area contributed by atoms with E-state index in [4.69, 9.17) is 4.42 Å². The van der Waals surface area contributed by atoms with Crippen LogP contribution in [-0.4, -0.2) is 21.9 Å². The van der Waals surface area contributed by atoms with Crippen LogP contribution in [0.3, 0.4) is 0 Å². The molecule has 0 aliphatic rings. The minimum Gasteiger partial charge on any atom is -0.406 e. The number of rotatable bonds is 6. The topological polar surface area (TPSA) is 57.3 Å². The Balaban J connectivity index is 1.87. The molecule has 0 aliphatic carbocycles. The van der Waals surface area contributed by atoms with E-state index >= 15 is 0 Å². The Morgan fingerprint density at radius 3 is 2.52 bits per heavy atom. The van der Waals surface area contributed by atoms with Gasteiger partial charge in [-0.1, -0.05) is 12.1 Å². The number of hydrogen-bond donors (Lipinski definition) is 0. The van der Waals surface area contributed by atoms with Gasteiger partial charge < -0.3 is 9.15 Å². The highest BCUT2D eigenvalue weighted by molar-refractivity contribution is 7.99. The SMILES string of the molecule is Cc1nn(CCSC(C)c2ccc(OC(F)(F)F)cc2)c(=O)o1. The predicted molar refractivity (Wildman–Crippen MR) is 79.5 cm³/mol. The third-order valence-corrected chi connectivity index (χ3v) is 4.15. The summed E-state index contributed by atoms with van der Waals surface area (Å²) in [6.07, 6.45) is -4.69. The molecule has 0 saturated heterocycles. The van der Waals surface area contributed by atoms with Crippen molar-refractivity contribution in [1.29, 1.82) is 0 Å². The second-order valence-corrected chi connectivity index (χ2v) is 6.19. The van der Waals surface area contributed by atoms with Crippen LogP contribution in [0.15, 0.2) is 33.5 Å². The fraction of sp³-hybridized carbons (Fsp3) is 0.429. The molecule has 0 bridgehead atoms. The van der Waals surface area contributed by atoms with Crippen LogP contribution >= 0.6 is 11.8 Å². The number of halogens is 3. The Morgan fingerprint density at radius 2 is 2.00 bits per heavy atom. The maximum Gasteiger partial charge on any atom is 0.573 e.